The minimum atomic E-state index is -0.264. The number of hydrogen-bond donors (Lipinski definition) is 1. The molecular weight excluding hydrogens is 309 g/mol. The molecule has 1 N–H and O–H groups in total. The van der Waals surface area contributed by atoms with Gasteiger partial charge in [0.1, 0.15) is 5.82 Å². The predicted octanol–water partition coefficient (Wildman–Crippen LogP) is 4.71. The number of carbonyl (C=O) groups excluding carboxylic acids is 1. The second-order valence-electron chi connectivity index (χ2n) is 5.51. The zero-order chi connectivity index (χ0) is 16.2. The van der Waals surface area contributed by atoms with E-state index in [4.69, 9.17) is 0 Å². The van der Waals surface area contributed by atoms with Crippen LogP contribution in [0.2, 0.25) is 0 Å². The van der Waals surface area contributed by atoms with Gasteiger partial charge in [-0.05, 0) is 43.0 Å². The van der Waals surface area contributed by atoms with Gasteiger partial charge in [-0.25, -0.2) is 4.39 Å². The van der Waals surface area contributed by atoms with E-state index in [2.05, 4.69) is 17.4 Å². The molecule has 2 aromatic carbocycles. The van der Waals surface area contributed by atoms with Crippen LogP contribution in [0.3, 0.4) is 0 Å². The maximum atomic E-state index is 13.9. The molecule has 0 unspecified atom stereocenters. The van der Waals surface area contributed by atoms with Crippen molar-refractivity contribution >= 4 is 27.3 Å². The summed E-state index contributed by atoms with van der Waals surface area (Å²) in [4.78, 5) is 12.9. The van der Waals surface area contributed by atoms with Crippen LogP contribution in [0, 0.1) is 12.7 Å². The third-order valence-electron chi connectivity index (χ3n) is 3.88. The van der Waals surface area contributed by atoms with Crippen molar-refractivity contribution in [3.05, 3.63) is 70.4 Å². The Balaban J connectivity index is 1.62. The number of thiophene rings is 1. The number of hydrogen-bond acceptors (Lipinski definition) is 2. The van der Waals surface area contributed by atoms with Gasteiger partial charge in [-0.15, -0.1) is 11.3 Å². The lowest BCUT2D eigenvalue weighted by Crippen LogP contribution is -2.24. The number of rotatable bonds is 5. The SMILES string of the molecule is Cc1c(C(=O)NCCCc2ccccc2)sc2cccc(F)c12. The van der Waals surface area contributed by atoms with Gasteiger partial charge in [0, 0.05) is 16.6 Å². The summed E-state index contributed by atoms with van der Waals surface area (Å²) < 4.78 is 14.7. The minimum Gasteiger partial charge on any atom is -0.351 e. The van der Waals surface area contributed by atoms with Crippen LogP contribution in [-0.2, 0) is 6.42 Å². The largest absolute Gasteiger partial charge is 0.351 e. The lowest BCUT2D eigenvalue weighted by atomic mass is 10.1. The molecule has 3 aromatic rings. The van der Waals surface area contributed by atoms with Gasteiger partial charge in [0.15, 0.2) is 0 Å². The van der Waals surface area contributed by atoms with Crippen LogP contribution in [0.4, 0.5) is 4.39 Å². The summed E-state index contributed by atoms with van der Waals surface area (Å²) in [5.41, 5.74) is 1.99. The first-order valence-corrected chi connectivity index (χ1v) is 8.48. The van der Waals surface area contributed by atoms with Crippen molar-refractivity contribution in [1.82, 2.24) is 5.32 Å². The van der Waals surface area contributed by atoms with Gasteiger partial charge in [-0.3, -0.25) is 4.79 Å². The molecule has 23 heavy (non-hydrogen) atoms. The first kappa shape index (κ1) is 15.7. The lowest BCUT2D eigenvalue weighted by molar-refractivity contribution is 0.0957. The Morgan fingerprint density at radius 3 is 2.65 bits per heavy atom. The molecule has 0 fully saturated rings. The van der Waals surface area contributed by atoms with Crippen LogP contribution >= 0.6 is 11.3 Å². The van der Waals surface area contributed by atoms with E-state index < -0.39 is 0 Å². The van der Waals surface area contributed by atoms with E-state index in [0.29, 0.717) is 16.8 Å². The molecule has 1 amide bonds. The lowest BCUT2D eigenvalue weighted by Gasteiger charge is -2.05. The molecule has 3 rings (SSSR count). The third kappa shape index (κ3) is 3.42. The number of fused-ring (bicyclic) bond motifs is 1. The number of carbonyl (C=O) groups is 1. The number of benzene rings is 2. The Morgan fingerprint density at radius 1 is 1.13 bits per heavy atom. The highest BCUT2D eigenvalue weighted by Gasteiger charge is 2.17. The van der Waals surface area contributed by atoms with Gasteiger partial charge >= 0.3 is 0 Å². The van der Waals surface area contributed by atoms with Gasteiger partial charge in [-0.2, -0.15) is 0 Å². The molecule has 0 bridgehead atoms. The number of amides is 1. The summed E-state index contributed by atoms with van der Waals surface area (Å²) >= 11 is 1.35. The van der Waals surface area contributed by atoms with Crippen molar-refractivity contribution in [2.24, 2.45) is 0 Å². The summed E-state index contributed by atoms with van der Waals surface area (Å²) in [6.07, 6.45) is 1.81. The highest BCUT2D eigenvalue weighted by Crippen LogP contribution is 2.32. The third-order valence-corrected chi connectivity index (χ3v) is 5.14. The van der Waals surface area contributed by atoms with Gasteiger partial charge in [-0.1, -0.05) is 36.4 Å². The second kappa shape index (κ2) is 6.92. The van der Waals surface area contributed by atoms with Crippen molar-refractivity contribution in [3.8, 4) is 0 Å². The van der Waals surface area contributed by atoms with E-state index in [9.17, 15) is 9.18 Å². The minimum absolute atomic E-state index is 0.115. The van der Waals surface area contributed by atoms with Crippen LogP contribution < -0.4 is 5.32 Å². The Kier molecular flexibility index (Phi) is 4.72. The van der Waals surface area contributed by atoms with Crippen LogP contribution in [0.15, 0.2) is 48.5 Å². The maximum absolute atomic E-state index is 13.9. The number of nitrogens with one attached hydrogen (secondary N) is 1. The van der Waals surface area contributed by atoms with Gasteiger partial charge in [0.25, 0.3) is 5.91 Å². The molecule has 0 saturated carbocycles. The number of aryl methyl sites for hydroxylation is 2. The average Bonchev–Trinajstić information content (AvgIpc) is 2.91. The van der Waals surface area contributed by atoms with Gasteiger partial charge in [0.05, 0.1) is 4.88 Å². The highest BCUT2D eigenvalue weighted by atomic mass is 32.1. The smallest absolute Gasteiger partial charge is 0.261 e. The molecule has 0 atom stereocenters. The standard InChI is InChI=1S/C19H18FNOS/c1-13-17-15(20)10-5-11-16(17)23-18(13)19(22)21-12-6-9-14-7-3-2-4-8-14/h2-5,7-8,10-11H,6,9,12H2,1H3,(H,21,22). The molecule has 0 aliphatic heterocycles. The van der Waals surface area contributed by atoms with Crippen molar-refractivity contribution in [1.29, 1.82) is 0 Å². The van der Waals surface area contributed by atoms with Crippen LogP contribution in [0.25, 0.3) is 10.1 Å². The Morgan fingerprint density at radius 2 is 1.91 bits per heavy atom. The van der Waals surface area contributed by atoms with E-state index in [1.165, 1.54) is 23.0 Å². The van der Waals surface area contributed by atoms with E-state index in [1.54, 1.807) is 13.0 Å². The average molecular weight is 327 g/mol. The molecule has 118 valence electrons. The summed E-state index contributed by atoms with van der Waals surface area (Å²) in [7, 11) is 0. The zero-order valence-corrected chi connectivity index (χ0v) is 13.8. The Labute approximate surface area is 139 Å². The molecule has 0 spiro atoms. The van der Waals surface area contributed by atoms with Crippen molar-refractivity contribution in [3.63, 3.8) is 0 Å². The fraction of sp³-hybridized carbons (Fsp3) is 0.211. The molecule has 4 heteroatoms. The monoisotopic (exact) mass is 327 g/mol. The Hall–Kier alpha value is -2.20. The first-order valence-electron chi connectivity index (χ1n) is 7.66. The predicted molar refractivity (Wildman–Crippen MR) is 93.6 cm³/mol. The van der Waals surface area contributed by atoms with Gasteiger partial charge < -0.3 is 5.32 Å². The van der Waals surface area contributed by atoms with E-state index >= 15 is 0 Å². The highest BCUT2D eigenvalue weighted by molar-refractivity contribution is 7.21. The van der Waals surface area contributed by atoms with Crippen LogP contribution in [0.1, 0.15) is 27.2 Å². The summed E-state index contributed by atoms with van der Waals surface area (Å²) in [6.45, 7) is 2.42. The van der Waals surface area contributed by atoms with E-state index in [-0.39, 0.29) is 11.7 Å². The molecular formula is C19H18FNOS. The fourth-order valence-corrected chi connectivity index (χ4v) is 3.83. The van der Waals surface area contributed by atoms with Crippen molar-refractivity contribution in [2.45, 2.75) is 19.8 Å². The molecule has 0 radical (unpaired) electrons. The zero-order valence-electron chi connectivity index (χ0n) is 12.9. The molecule has 1 aromatic heterocycles. The first-order chi connectivity index (χ1) is 11.2. The maximum Gasteiger partial charge on any atom is 0.261 e. The summed E-state index contributed by atoms with van der Waals surface area (Å²) in [5.74, 6) is -0.379. The normalized spacial score (nSPS) is 10.9. The summed E-state index contributed by atoms with van der Waals surface area (Å²) in [6, 6.07) is 15.2. The van der Waals surface area contributed by atoms with Crippen LogP contribution in [-0.4, -0.2) is 12.5 Å². The van der Waals surface area contributed by atoms with Crippen LogP contribution in [0.5, 0.6) is 0 Å². The molecule has 0 aliphatic rings. The van der Waals surface area contributed by atoms with Crippen molar-refractivity contribution in [2.75, 3.05) is 6.54 Å². The molecule has 0 saturated heterocycles. The van der Waals surface area contributed by atoms with E-state index in [1.807, 2.05) is 24.3 Å². The second-order valence-corrected chi connectivity index (χ2v) is 6.57. The van der Waals surface area contributed by atoms with Gasteiger partial charge in [0.2, 0.25) is 0 Å². The van der Waals surface area contributed by atoms with Crippen molar-refractivity contribution < 1.29 is 9.18 Å². The molecule has 1 heterocycles. The number of halogens is 1. The topological polar surface area (TPSA) is 29.1 Å². The fourth-order valence-electron chi connectivity index (χ4n) is 2.69. The molecule has 2 nitrogen and oxygen atoms in total. The van der Waals surface area contributed by atoms with E-state index in [0.717, 1.165) is 23.1 Å². The Bertz CT molecular complexity index is 826. The molecule has 0 aliphatic carbocycles. The summed E-state index contributed by atoms with van der Waals surface area (Å²) in [5, 5.41) is 3.50. The quantitative estimate of drug-likeness (QED) is 0.676.